The monoisotopic (exact) mass is 157 g/mol. The van der Waals surface area contributed by atoms with Crippen molar-refractivity contribution in [2.24, 2.45) is 10.9 Å². The highest BCUT2D eigenvalue weighted by Crippen LogP contribution is 2.25. The quantitative estimate of drug-likeness (QED) is 0.526. The standard InChI is InChI=1S/C8H15NS/c1-7-4-8(2,3)9-6-10-5-7/h6-7H,4-5H2,1-3H3. The fourth-order valence-electron chi connectivity index (χ4n) is 1.35. The maximum Gasteiger partial charge on any atom is 0.0561 e. The Morgan fingerprint density at radius 3 is 3.00 bits per heavy atom. The SMILES string of the molecule is CC1CSC=NC(C)(C)C1. The van der Waals surface area contributed by atoms with E-state index < -0.39 is 0 Å². The van der Waals surface area contributed by atoms with Crippen molar-refractivity contribution in [3.63, 3.8) is 0 Å². The number of hydrogen-bond acceptors (Lipinski definition) is 2. The summed E-state index contributed by atoms with van der Waals surface area (Å²) >= 11 is 1.83. The fourth-order valence-corrected chi connectivity index (χ4v) is 2.24. The number of aliphatic imine (C=N–C) groups is 1. The average molecular weight is 157 g/mol. The van der Waals surface area contributed by atoms with Crippen molar-refractivity contribution in [3.05, 3.63) is 0 Å². The molecule has 0 saturated heterocycles. The Hall–Kier alpha value is 0.0200. The molecule has 0 saturated carbocycles. The molecule has 0 fully saturated rings. The molecule has 1 atom stereocenters. The van der Waals surface area contributed by atoms with Gasteiger partial charge in [-0.15, -0.1) is 11.8 Å². The third kappa shape index (κ3) is 2.33. The van der Waals surface area contributed by atoms with Gasteiger partial charge in [-0.1, -0.05) is 6.92 Å². The van der Waals surface area contributed by atoms with Crippen molar-refractivity contribution in [1.82, 2.24) is 0 Å². The Balaban J connectivity index is 2.59. The predicted molar refractivity (Wildman–Crippen MR) is 48.8 cm³/mol. The lowest BCUT2D eigenvalue weighted by Gasteiger charge is -2.20. The maximum absolute atomic E-state index is 4.44. The van der Waals surface area contributed by atoms with Gasteiger partial charge in [0.05, 0.1) is 11.1 Å². The van der Waals surface area contributed by atoms with Gasteiger partial charge in [-0.2, -0.15) is 0 Å². The molecule has 0 aromatic carbocycles. The van der Waals surface area contributed by atoms with Gasteiger partial charge in [0.25, 0.3) is 0 Å². The van der Waals surface area contributed by atoms with Crippen molar-refractivity contribution >= 4 is 17.3 Å². The summed E-state index contributed by atoms with van der Waals surface area (Å²) < 4.78 is 0. The molecule has 58 valence electrons. The predicted octanol–water partition coefficient (Wildman–Crippen LogP) is 2.57. The van der Waals surface area contributed by atoms with Gasteiger partial charge in [0.1, 0.15) is 0 Å². The van der Waals surface area contributed by atoms with Crippen LogP contribution < -0.4 is 0 Å². The van der Waals surface area contributed by atoms with Crippen molar-refractivity contribution in [2.45, 2.75) is 32.7 Å². The van der Waals surface area contributed by atoms with Gasteiger partial charge in [0, 0.05) is 5.75 Å². The summed E-state index contributed by atoms with van der Waals surface area (Å²) in [5.41, 5.74) is 2.19. The first-order chi connectivity index (χ1) is 4.60. The second-order valence-electron chi connectivity index (χ2n) is 3.69. The molecule has 0 amide bonds. The molecule has 1 rings (SSSR count). The van der Waals surface area contributed by atoms with E-state index in [-0.39, 0.29) is 5.54 Å². The summed E-state index contributed by atoms with van der Waals surface area (Å²) in [5.74, 6) is 2.04. The first-order valence-electron chi connectivity index (χ1n) is 3.75. The minimum Gasteiger partial charge on any atom is -0.280 e. The van der Waals surface area contributed by atoms with E-state index in [4.69, 9.17) is 0 Å². The molecule has 0 radical (unpaired) electrons. The minimum atomic E-state index is 0.183. The van der Waals surface area contributed by atoms with Crippen LogP contribution in [0.2, 0.25) is 0 Å². The molecule has 1 heterocycles. The van der Waals surface area contributed by atoms with Gasteiger partial charge in [0.15, 0.2) is 0 Å². The molecular weight excluding hydrogens is 142 g/mol. The molecular formula is C8H15NS. The third-order valence-corrected chi connectivity index (χ3v) is 2.72. The van der Waals surface area contributed by atoms with Crippen LogP contribution >= 0.6 is 11.8 Å². The maximum atomic E-state index is 4.44. The molecule has 0 aromatic rings. The highest BCUT2D eigenvalue weighted by molar-refractivity contribution is 8.12. The second-order valence-corrected chi connectivity index (χ2v) is 4.57. The van der Waals surface area contributed by atoms with Crippen LogP contribution in [0.3, 0.4) is 0 Å². The zero-order valence-electron chi connectivity index (χ0n) is 6.92. The first kappa shape index (κ1) is 8.12. The molecule has 0 bridgehead atoms. The summed E-state index contributed by atoms with van der Waals surface area (Å²) in [7, 11) is 0. The van der Waals surface area contributed by atoms with E-state index in [9.17, 15) is 0 Å². The largest absolute Gasteiger partial charge is 0.280 e. The molecule has 1 aliphatic heterocycles. The summed E-state index contributed by atoms with van der Waals surface area (Å²) in [6, 6.07) is 0. The Labute approximate surface area is 67.3 Å². The highest BCUT2D eigenvalue weighted by Gasteiger charge is 2.21. The van der Waals surface area contributed by atoms with Crippen molar-refractivity contribution in [3.8, 4) is 0 Å². The van der Waals surface area contributed by atoms with Gasteiger partial charge in [0.2, 0.25) is 0 Å². The lowest BCUT2D eigenvalue weighted by molar-refractivity contribution is 0.411. The van der Waals surface area contributed by atoms with Gasteiger partial charge < -0.3 is 0 Å². The van der Waals surface area contributed by atoms with Crippen LogP contribution in [0, 0.1) is 5.92 Å². The minimum absolute atomic E-state index is 0.183. The molecule has 10 heavy (non-hydrogen) atoms. The van der Waals surface area contributed by atoms with Crippen LogP contribution in [0.1, 0.15) is 27.2 Å². The van der Waals surface area contributed by atoms with E-state index in [2.05, 4.69) is 25.8 Å². The zero-order chi connectivity index (χ0) is 7.61. The Morgan fingerprint density at radius 2 is 2.30 bits per heavy atom. The highest BCUT2D eigenvalue weighted by atomic mass is 32.2. The molecule has 0 N–H and O–H groups in total. The normalized spacial score (nSPS) is 31.7. The summed E-state index contributed by atoms with van der Waals surface area (Å²) in [6.45, 7) is 6.70. The Bertz CT molecular complexity index is 140. The molecule has 0 spiro atoms. The van der Waals surface area contributed by atoms with Crippen molar-refractivity contribution < 1.29 is 0 Å². The first-order valence-corrected chi connectivity index (χ1v) is 4.80. The zero-order valence-corrected chi connectivity index (χ0v) is 7.74. The molecule has 2 heteroatoms. The second kappa shape index (κ2) is 2.95. The number of rotatable bonds is 0. The molecule has 0 aromatic heterocycles. The Morgan fingerprint density at radius 1 is 1.60 bits per heavy atom. The Kier molecular flexibility index (Phi) is 2.40. The van der Waals surface area contributed by atoms with Crippen LogP contribution in [-0.4, -0.2) is 16.8 Å². The van der Waals surface area contributed by atoms with Crippen molar-refractivity contribution in [1.29, 1.82) is 0 Å². The third-order valence-electron chi connectivity index (χ3n) is 1.71. The molecule has 0 aliphatic carbocycles. The number of nitrogens with zero attached hydrogens (tertiary/aromatic N) is 1. The smallest absolute Gasteiger partial charge is 0.0561 e. The van der Waals surface area contributed by atoms with E-state index >= 15 is 0 Å². The lowest BCUT2D eigenvalue weighted by atomic mass is 9.94. The van der Waals surface area contributed by atoms with E-state index in [1.165, 1.54) is 12.2 Å². The van der Waals surface area contributed by atoms with Crippen LogP contribution in [0.5, 0.6) is 0 Å². The van der Waals surface area contributed by atoms with E-state index in [1.807, 2.05) is 17.3 Å². The average Bonchev–Trinajstić information content (AvgIpc) is 1.90. The lowest BCUT2D eigenvalue weighted by Crippen LogP contribution is -2.19. The van der Waals surface area contributed by atoms with Gasteiger partial charge in [-0.25, -0.2) is 0 Å². The summed E-state index contributed by atoms with van der Waals surface area (Å²) in [5, 5.41) is 0. The van der Waals surface area contributed by atoms with Gasteiger partial charge in [-0.3, -0.25) is 4.99 Å². The molecule has 1 unspecified atom stereocenters. The van der Waals surface area contributed by atoms with Gasteiger partial charge >= 0.3 is 0 Å². The molecule has 1 aliphatic rings. The van der Waals surface area contributed by atoms with E-state index in [0.29, 0.717) is 0 Å². The fraction of sp³-hybridized carbons (Fsp3) is 0.875. The topological polar surface area (TPSA) is 12.4 Å². The van der Waals surface area contributed by atoms with E-state index in [0.717, 1.165) is 5.92 Å². The summed E-state index contributed by atoms with van der Waals surface area (Å²) in [6.07, 6.45) is 1.22. The molecule has 1 nitrogen and oxygen atoms in total. The van der Waals surface area contributed by atoms with Crippen LogP contribution in [0.25, 0.3) is 0 Å². The van der Waals surface area contributed by atoms with Crippen LogP contribution in [-0.2, 0) is 0 Å². The van der Waals surface area contributed by atoms with Crippen LogP contribution in [0.4, 0.5) is 0 Å². The summed E-state index contributed by atoms with van der Waals surface area (Å²) in [4.78, 5) is 4.44. The number of hydrogen-bond donors (Lipinski definition) is 0. The van der Waals surface area contributed by atoms with E-state index in [1.54, 1.807) is 0 Å². The number of thioether (sulfide) groups is 1. The van der Waals surface area contributed by atoms with Crippen molar-refractivity contribution in [2.75, 3.05) is 5.75 Å². The van der Waals surface area contributed by atoms with Crippen LogP contribution in [0.15, 0.2) is 4.99 Å². The van der Waals surface area contributed by atoms with Gasteiger partial charge in [-0.05, 0) is 26.2 Å².